The fourth-order valence-electron chi connectivity index (χ4n) is 3.33. The minimum Gasteiger partial charge on any atom is -0.303 e. The number of likely N-dealkylation sites (N-methyl/N-ethyl adjacent to an activating group) is 1. The van der Waals surface area contributed by atoms with E-state index in [0.29, 0.717) is 0 Å². The highest BCUT2D eigenvalue weighted by Crippen LogP contribution is 2.37. The summed E-state index contributed by atoms with van der Waals surface area (Å²) in [6.45, 7) is 2.23. The lowest BCUT2D eigenvalue weighted by Gasteiger charge is -2.36. The van der Waals surface area contributed by atoms with Crippen molar-refractivity contribution in [2.75, 3.05) is 12.1 Å². The molecule has 22 heavy (non-hydrogen) atoms. The van der Waals surface area contributed by atoms with Gasteiger partial charge in [-0.1, -0.05) is 60.7 Å². The zero-order chi connectivity index (χ0) is 15.2. The maximum atomic E-state index is 2.27. The van der Waals surface area contributed by atoms with Gasteiger partial charge in [-0.15, -0.1) is 0 Å². The van der Waals surface area contributed by atoms with Crippen LogP contribution in [-0.2, 0) is 6.42 Å². The van der Waals surface area contributed by atoms with Crippen molar-refractivity contribution in [2.45, 2.75) is 18.9 Å². The number of benzene rings is 1. The van der Waals surface area contributed by atoms with Crippen molar-refractivity contribution in [3.8, 4) is 11.1 Å². The van der Waals surface area contributed by atoms with E-state index in [0.717, 1.165) is 6.42 Å². The highest BCUT2D eigenvalue weighted by molar-refractivity contribution is 5.76. The van der Waals surface area contributed by atoms with E-state index in [4.69, 9.17) is 0 Å². The number of fused-ring (bicyclic) bond motifs is 3. The highest BCUT2D eigenvalue weighted by Gasteiger charge is 2.27. The summed E-state index contributed by atoms with van der Waals surface area (Å²) in [6.07, 6.45) is 18.4. The van der Waals surface area contributed by atoms with Crippen molar-refractivity contribution in [1.29, 1.82) is 0 Å². The first kappa shape index (κ1) is 13.2. The van der Waals surface area contributed by atoms with Gasteiger partial charge in [0.15, 0.2) is 0 Å². The van der Waals surface area contributed by atoms with Crippen LogP contribution in [0.5, 0.6) is 0 Å². The Balaban J connectivity index is 1.72. The summed E-state index contributed by atoms with van der Waals surface area (Å²) in [5.41, 5.74) is 5.47. The quantitative estimate of drug-likeness (QED) is 0.690. The van der Waals surface area contributed by atoms with Crippen LogP contribution in [0.25, 0.3) is 11.1 Å². The largest absolute Gasteiger partial charge is 0.303 e. The molecule has 1 heterocycles. The van der Waals surface area contributed by atoms with E-state index >= 15 is 0 Å². The molecular formula is C20H20N2. The fraction of sp³-hybridized carbons (Fsp3) is 0.200. The van der Waals surface area contributed by atoms with E-state index in [1.54, 1.807) is 0 Å². The standard InChI is InChI=1S/C20H20N2/c1-20(11-7-3-4-8-12-20)21(2)22-14-17-13-16-9-5-6-10-18(16)19(17)15-22/h3-12,14-15H,13H2,1-2H3. The van der Waals surface area contributed by atoms with Crippen LogP contribution >= 0.6 is 0 Å². The van der Waals surface area contributed by atoms with E-state index in [1.807, 2.05) is 0 Å². The van der Waals surface area contributed by atoms with E-state index in [-0.39, 0.29) is 5.54 Å². The van der Waals surface area contributed by atoms with Gasteiger partial charge in [-0.3, -0.25) is 4.68 Å². The van der Waals surface area contributed by atoms with Crippen molar-refractivity contribution in [2.24, 2.45) is 0 Å². The van der Waals surface area contributed by atoms with Crippen LogP contribution in [0, 0.1) is 0 Å². The predicted molar refractivity (Wildman–Crippen MR) is 92.6 cm³/mol. The van der Waals surface area contributed by atoms with Gasteiger partial charge in [-0.25, -0.2) is 0 Å². The molecule has 0 spiro atoms. The van der Waals surface area contributed by atoms with Gasteiger partial charge in [0.2, 0.25) is 0 Å². The average molecular weight is 288 g/mol. The maximum absolute atomic E-state index is 2.27. The summed E-state index contributed by atoms with van der Waals surface area (Å²) in [5, 5.41) is 2.27. The minimum absolute atomic E-state index is 0.129. The van der Waals surface area contributed by atoms with Gasteiger partial charge in [0.05, 0.1) is 5.54 Å². The first-order chi connectivity index (χ1) is 10.7. The summed E-state index contributed by atoms with van der Waals surface area (Å²) in [7, 11) is 2.14. The van der Waals surface area contributed by atoms with Crippen molar-refractivity contribution < 1.29 is 0 Å². The lowest BCUT2D eigenvalue weighted by atomic mass is 10.0. The highest BCUT2D eigenvalue weighted by atomic mass is 15.6. The van der Waals surface area contributed by atoms with Gasteiger partial charge in [0, 0.05) is 31.4 Å². The molecule has 0 atom stereocenters. The van der Waals surface area contributed by atoms with Gasteiger partial charge >= 0.3 is 0 Å². The Hall–Kier alpha value is -2.48. The van der Waals surface area contributed by atoms with Crippen molar-refractivity contribution in [1.82, 2.24) is 4.68 Å². The molecule has 2 nitrogen and oxygen atoms in total. The zero-order valence-electron chi connectivity index (χ0n) is 13.0. The Bertz CT molecular complexity index is 789. The minimum atomic E-state index is -0.129. The van der Waals surface area contributed by atoms with Crippen molar-refractivity contribution >= 4 is 0 Å². The smallest absolute Gasteiger partial charge is 0.0897 e. The normalized spacial score (nSPS) is 17.2. The molecule has 0 bridgehead atoms. The molecule has 2 aromatic rings. The molecule has 2 heteroatoms. The molecule has 0 saturated carbocycles. The lowest BCUT2D eigenvalue weighted by Crippen LogP contribution is -2.47. The zero-order valence-corrected chi connectivity index (χ0v) is 13.0. The van der Waals surface area contributed by atoms with Crippen molar-refractivity contribution in [3.63, 3.8) is 0 Å². The third kappa shape index (κ3) is 1.95. The number of rotatable bonds is 2. The number of nitrogens with zero attached hydrogens (tertiary/aromatic N) is 2. The van der Waals surface area contributed by atoms with Gasteiger partial charge in [-0.05, 0) is 23.6 Å². The molecule has 4 rings (SSSR count). The lowest BCUT2D eigenvalue weighted by molar-refractivity contribution is 0.520. The van der Waals surface area contributed by atoms with Gasteiger partial charge < -0.3 is 5.01 Å². The molecular weight excluding hydrogens is 268 g/mol. The maximum Gasteiger partial charge on any atom is 0.0897 e. The molecule has 0 N–H and O–H groups in total. The second kappa shape index (κ2) is 4.77. The summed E-state index contributed by atoms with van der Waals surface area (Å²) >= 11 is 0. The average Bonchev–Trinajstić information content (AvgIpc) is 2.99. The molecule has 1 aromatic heterocycles. The summed E-state index contributed by atoms with van der Waals surface area (Å²) in [6, 6.07) is 8.70. The first-order valence-corrected chi connectivity index (χ1v) is 7.74. The number of allylic oxidation sites excluding steroid dienone is 4. The number of hydrogen-bond donors (Lipinski definition) is 0. The molecule has 0 saturated heterocycles. The van der Waals surface area contributed by atoms with Crippen LogP contribution < -0.4 is 5.01 Å². The number of hydrogen-bond acceptors (Lipinski definition) is 1. The molecule has 0 radical (unpaired) electrons. The first-order valence-electron chi connectivity index (χ1n) is 7.74. The Morgan fingerprint density at radius 1 is 0.909 bits per heavy atom. The SMILES string of the molecule is CN(n1cc2c(c1)-c1ccccc1C2)C1(C)C=CC=CC=C1. The Morgan fingerprint density at radius 2 is 1.64 bits per heavy atom. The molecule has 2 aliphatic rings. The molecule has 1 aromatic carbocycles. The molecule has 0 unspecified atom stereocenters. The second-order valence-electron chi connectivity index (χ2n) is 6.26. The summed E-state index contributed by atoms with van der Waals surface area (Å²) in [5.74, 6) is 0. The van der Waals surface area contributed by atoms with Crippen LogP contribution in [0.2, 0.25) is 0 Å². The van der Waals surface area contributed by atoms with Gasteiger partial charge in [0.25, 0.3) is 0 Å². The number of aromatic nitrogens is 1. The molecule has 0 aliphatic heterocycles. The summed E-state index contributed by atoms with van der Waals surface area (Å²) in [4.78, 5) is 0. The molecule has 110 valence electrons. The second-order valence-corrected chi connectivity index (χ2v) is 6.26. The van der Waals surface area contributed by atoms with Crippen LogP contribution in [0.1, 0.15) is 18.1 Å². The monoisotopic (exact) mass is 288 g/mol. The molecule has 2 aliphatic carbocycles. The topological polar surface area (TPSA) is 8.17 Å². The molecule has 0 amide bonds. The van der Waals surface area contributed by atoms with Crippen LogP contribution in [-0.4, -0.2) is 17.3 Å². The third-order valence-electron chi connectivity index (χ3n) is 4.83. The third-order valence-corrected chi connectivity index (χ3v) is 4.83. The fourth-order valence-corrected chi connectivity index (χ4v) is 3.33. The van der Waals surface area contributed by atoms with E-state index in [2.05, 4.69) is 96.8 Å². The Labute approximate surface area is 131 Å². The Kier molecular flexibility index (Phi) is 2.86. The van der Waals surface area contributed by atoms with E-state index in [1.165, 1.54) is 22.3 Å². The van der Waals surface area contributed by atoms with Gasteiger partial charge in [-0.2, -0.15) is 0 Å². The van der Waals surface area contributed by atoms with Crippen LogP contribution in [0.15, 0.2) is 73.1 Å². The molecule has 0 fully saturated rings. The van der Waals surface area contributed by atoms with Crippen LogP contribution in [0.3, 0.4) is 0 Å². The van der Waals surface area contributed by atoms with E-state index < -0.39 is 0 Å². The predicted octanol–water partition coefficient (Wildman–Crippen LogP) is 4.07. The summed E-state index contributed by atoms with van der Waals surface area (Å²) < 4.78 is 2.22. The Morgan fingerprint density at radius 3 is 2.41 bits per heavy atom. The van der Waals surface area contributed by atoms with E-state index in [9.17, 15) is 0 Å². The van der Waals surface area contributed by atoms with Crippen molar-refractivity contribution in [3.05, 3.63) is 84.2 Å². The van der Waals surface area contributed by atoms with Crippen LogP contribution in [0.4, 0.5) is 0 Å². The van der Waals surface area contributed by atoms with Gasteiger partial charge in [0.1, 0.15) is 0 Å².